The monoisotopic (exact) mass is 445 g/mol. The Balaban J connectivity index is 1.77. The minimum atomic E-state index is -0.751. The van der Waals surface area contributed by atoms with Crippen LogP contribution in [0.15, 0.2) is 36.4 Å². The summed E-state index contributed by atoms with van der Waals surface area (Å²) in [5.74, 6) is -2.47. The molecular formula is C23H25F2N3O4. The van der Waals surface area contributed by atoms with Crippen LogP contribution in [-0.4, -0.2) is 59.8 Å². The first-order chi connectivity index (χ1) is 15.1. The predicted octanol–water partition coefficient (Wildman–Crippen LogP) is 3.31. The Labute approximate surface area is 184 Å². The minimum absolute atomic E-state index is 0.0791. The number of methoxy groups -OCH3 is 1. The molecule has 1 heterocycles. The third-order valence-electron chi connectivity index (χ3n) is 5.37. The lowest BCUT2D eigenvalue weighted by Crippen LogP contribution is -2.60. The first-order valence-corrected chi connectivity index (χ1v) is 10.1. The van der Waals surface area contributed by atoms with Crippen LogP contribution in [0.25, 0.3) is 0 Å². The molecule has 32 heavy (non-hydrogen) atoms. The Morgan fingerprint density at radius 1 is 0.938 bits per heavy atom. The molecule has 7 nitrogen and oxygen atoms in total. The van der Waals surface area contributed by atoms with Gasteiger partial charge in [0.15, 0.2) is 0 Å². The number of amides is 3. The van der Waals surface area contributed by atoms with Gasteiger partial charge in [0.25, 0.3) is 11.8 Å². The second kappa shape index (κ2) is 9.33. The third kappa shape index (κ3) is 4.71. The Kier molecular flexibility index (Phi) is 6.76. The Hall–Kier alpha value is -3.49. The highest BCUT2D eigenvalue weighted by Gasteiger charge is 2.36. The topological polar surface area (TPSA) is 79.0 Å². The van der Waals surface area contributed by atoms with Gasteiger partial charge in [0.2, 0.25) is 5.91 Å². The molecule has 1 N–H and O–H groups in total. The number of rotatable bonds is 4. The number of piperazine rings is 1. The highest BCUT2D eigenvalue weighted by molar-refractivity contribution is 5.97. The number of nitrogens with zero attached hydrogens (tertiary/aromatic N) is 2. The molecule has 1 fully saturated rings. The van der Waals surface area contributed by atoms with Crippen LogP contribution >= 0.6 is 0 Å². The van der Waals surface area contributed by atoms with Crippen LogP contribution < -0.4 is 10.1 Å². The molecule has 3 amide bonds. The molecule has 0 aromatic heterocycles. The average Bonchev–Trinajstić information content (AvgIpc) is 2.72. The fourth-order valence-electron chi connectivity index (χ4n) is 3.96. The van der Waals surface area contributed by atoms with Crippen molar-refractivity contribution >= 4 is 23.4 Å². The Morgan fingerprint density at radius 2 is 1.50 bits per heavy atom. The third-order valence-corrected chi connectivity index (χ3v) is 5.37. The quantitative estimate of drug-likeness (QED) is 0.783. The van der Waals surface area contributed by atoms with Crippen molar-refractivity contribution in [1.29, 1.82) is 0 Å². The van der Waals surface area contributed by atoms with Crippen molar-refractivity contribution in [3.8, 4) is 5.75 Å². The van der Waals surface area contributed by atoms with E-state index < -0.39 is 35.5 Å². The number of hydrogen-bond acceptors (Lipinski definition) is 4. The van der Waals surface area contributed by atoms with E-state index in [1.165, 1.54) is 48.1 Å². The van der Waals surface area contributed by atoms with Crippen molar-refractivity contribution in [3.05, 3.63) is 59.2 Å². The molecule has 170 valence electrons. The molecule has 0 radical (unpaired) electrons. The number of hydrogen-bond donors (Lipinski definition) is 1. The average molecular weight is 445 g/mol. The first kappa shape index (κ1) is 23.2. The van der Waals surface area contributed by atoms with Gasteiger partial charge in [0.1, 0.15) is 17.4 Å². The highest BCUT2D eigenvalue weighted by atomic mass is 19.1. The second-order valence-electron chi connectivity index (χ2n) is 7.84. The van der Waals surface area contributed by atoms with E-state index in [0.29, 0.717) is 5.75 Å². The number of anilines is 1. The maximum atomic E-state index is 14.6. The van der Waals surface area contributed by atoms with E-state index in [-0.39, 0.29) is 35.8 Å². The predicted molar refractivity (Wildman–Crippen MR) is 115 cm³/mol. The number of benzene rings is 2. The van der Waals surface area contributed by atoms with Gasteiger partial charge in [-0.1, -0.05) is 0 Å². The molecule has 1 aliphatic heterocycles. The molecule has 1 saturated heterocycles. The summed E-state index contributed by atoms with van der Waals surface area (Å²) in [6.07, 6.45) is 0. The van der Waals surface area contributed by atoms with Crippen LogP contribution in [0.5, 0.6) is 5.75 Å². The smallest absolute Gasteiger partial charge is 0.257 e. The van der Waals surface area contributed by atoms with E-state index in [9.17, 15) is 23.2 Å². The van der Waals surface area contributed by atoms with Crippen LogP contribution in [0.3, 0.4) is 0 Å². The summed E-state index contributed by atoms with van der Waals surface area (Å²) in [6.45, 7) is 5.15. The number of carbonyl (C=O) groups is 3. The van der Waals surface area contributed by atoms with Gasteiger partial charge in [-0.3, -0.25) is 14.4 Å². The van der Waals surface area contributed by atoms with Crippen molar-refractivity contribution in [2.45, 2.75) is 32.9 Å². The Bertz CT molecular complexity index is 1050. The van der Waals surface area contributed by atoms with Crippen LogP contribution in [0, 0.1) is 11.6 Å². The zero-order chi connectivity index (χ0) is 23.6. The van der Waals surface area contributed by atoms with Gasteiger partial charge in [-0.25, -0.2) is 8.78 Å². The normalized spacial score (nSPS) is 18.3. The highest BCUT2D eigenvalue weighted by Crippen LogP contribution is 2.25. The molecule has 0 saturated carbocycles. The summed E-state index contributed by atoms with van der Waals surface area (Å²) >= 11 is 0. The van der Waals surface area contributed by atoms with Crippen LogP contribution in [0.4, 0.5) is 14.5 Å². The van der Waals surface area contributed by atoms with Crippen LogP contribution in [0.2, 0.25) is 0 Å². The fourth-order valence-corrected chi connectivity index (χ4v) is 3.96. The van der Waals surface area contributed by atoms with Crippen molar-refractivity contribution in [2.75, 3.05) is 25.5 Å². The van der Waals surface area contributed by atoms with E-state index in [1.54, 1.807) is 13.8 Å². The first-order valence-electron chi connectivity index (χ1n) is 10.1. The van der Waals surface area contributed by atoms with Gasteiger partial charge in [0.05, 0.1) is 18.2 Å². The van der Waals surface area contributed by atoms with Crippen molar-refractivity contribution in [3.63, 3.8) is 0 Å². The molecule has 1 aliphatic rings. The summed E-state index contributed by atoms with van der Waals surface area (Å²) in [6, 6.07) is 7.05. The van der Waals surface area contributed by atoms with Gasteiger partial charge in [0, 0.05) is 43.9 Å². The van der Waals surface area contributed by atoms with Crippen molar-refractivity contribution < 1.29 is 27.9 Å². The van der Waals surface area contributed by atoms with Crippen LogP contribution in [0.1, 0.15) is 41.5 Å². The molecule has 9 heteroatoms. The fraction of sp³-hybridized carbons (Fsp3) is 0.348. The van der Waals surface area contributed by atoms with Crippen molar-refractivity contribution in [1.82, 2.24) is 9.80 Å². The zero-order valence-corrected chi connectivity index (χ0v) is 18.3. The molecule has 2 aromatic carbocycles. The van der Waals surface area contributed by atoms with Gasteiger partial charge >= 0.3 is 0 Å². The van der Waals surface area contributed by atoms with E-state index in [0.717, 1.165) is 12.1 Å². The summed E-state index contributed by atoms with van der Waals surface area (Å²) in [5, 5.41) is 2.47. The minimum Gasteiger partial charge on any atom is -0.497 e. The maximum Gasteiger partial charge on any atom is 0.257 e. The van der Waals surface area contributed by atoms with E-state index >= 15 is 0 Å². The largest absolute Gasteiger partial charge is 0.497 e. The second-order valence-corrected chi connectivity index (χ2v) is 7.84. The maximum absolute atomic E-state index is 14.6. The summed E-state index contributed by atoms with van der Waals surface area (Å²) in [5.41, 5.74) is 0.0490. The van der Waals surface area contributed by atoms with Gasteiger partial charge in [-0.2, -0.15) is 0 Å². The Morgan fingerprint density at radius 3 is 2.03 bits per heavy atom. The molecule has 0 unspecified atom stereocenters. The molecule has 2 atom stereocenters. The lowest BCUT2D eigenvalue weighted by atomic mass is 10.0. The molecule has 0 spiro atoms. The van der Waals surface area contributed by atoms with E-state index in [4.69, 9.17) is 4.74 Å². The summed E-state index contributed by atoms with van der Waals surface area (Å²) < 4.78 is 33.9. The zero-order valence-electron chi connectivity index (χ0n) is 18.3. The molecule has 0 bridgehead atoms. The van der Waals surface area contributed by atoms with E-state index in [2.05, 4.69) is 5.32 Å². The van der Waals surface area contributed by atoms with Crippen molar-refractivity contribution in [2.24, 2.45) is 0 Å². The number of ether oxygens (including phenoxy) is 1. The SMILES string of the molecule is COc1ccc(C(=O)N2C[C@@H](C)N(C(=O)c3ccc(NC(C)=O)cc3F)[C@H](C)C2)c(F)c1. The van der Waals surface area contributed by atoms with Gasteiger partial charge < -0.3 is 19.9 Å². The molecule has 2 aromatic rings. The molecule has 0 aliphatic carbocycles. The van der Waals surface area contributed by atoms with Gasteiger partial charge in [-0.15, -0.1) is 0 Å². The van der Waals surface area contributed by atoms with Crippen LogP contribution in [-0.2, 0) is 4.79 Å². The molecular weight excluding hydrogens is 420 g/mol. The standard InChI is InChI=1S/C23H25F2N3O4/c1-13-11-27(22(30)18-8-6-17(32-4)10-21(18)25)12-14(2)28(13)23(31)19-7-5-16(9-20(19)24)26-15(3)29/h5-10,13-14H,11-12H2,1-4H3,(H,26,29)/t13-,14-/m1/s1. The number of halogens is 2. The lowest BCUT2D eigenvalue weighted by molar-refractivity contribution is -0.114. The number of nitrogens with one attached hydrogen (secondary N) is 1. The lowest BCUT2D eigenvalue weighted by Gasteiger charge is -2.44. The van der Waals surface area contributed by atoms with E-state index in [1.807, 2.05) is 0 Å². The summed E-state index contributed by atoms with van der Waals surface area (Å²) in [7, 11) is 1.41. The molecule has 3 rings (SSSR count). The summed E-state index contributed by atoms with van der Waals surface area (Å²) in [4.78, 5) is 40.1. The van der Waals surface area contributed by atoms with Gasteiger partial charge in [-0.05, 0) is 44.2 Å². The number of carbonyl (C=O) groups excluding carboxylic acids is 3.